The Morgan fingerprint density at radius 1 is 1.28 bits per heavy atom. The Morgan fingerprint density at radius 3 is 2.78 bits per heavy atom. The smallest absolute Gasteiger partial charge is 0.122 e. The van der Waals surface area contributed by atoms with Crippen molar-refractivity contribution in [2.75, 3.05) is 6.61 Å². The molecule has 2 N–H and O–H groups in total. The molecule has 1 heterocycles. The van der Waals surface area contributed by atoms with Crippen LogP contribution in [0.3, 0.4) is 0 Å². The first kappa shape index (κ1) is 12.6. The summed E-state index contributed by atoms with van der Waals surface area (Å²) in [5.41, 5.74) is 10.2. The van der Waals surface area contributed by atoms with Gasteiger partial charge in [-0.1, -0.05) is 6.07 Å². The van der Waals surface area contributed by atoms with Crippen LogP contribution in [0.25, 0.3) is 11.1 Å². The first-order chi connectivity index (χ1) is 8.76. The maximum absolute atomic E-state index is 5.74. The van der Waals surface area contributed by atoms with E-state index in [1.807, 2.05) is 25.3 Å². The van der Waals surface area contributed by atoms with Crippen molar-refractivity contribution in [2.45, 2.75) is 20.4 Å². The monoisotopic (exact) mass is 242 g/mol. The van der Waals surface area contributed by atoms with Crippen LogP contribution < -0.4 is 10.5 Å². The van der Waals surface area contributed by atoms with Gasteiger partial charge in [0, 0.05) is 18.9 Å². The topological polar surface area (TPSA) is 48.1 Å². The quantitative estimate of drug-likeness (QED) is 0.896. The number of hydrogen-bond donors (Lipinski definition) is 1. The molecule has 0 fully saturated rings. The molecule has 0 aliphatic rings. The predicted octanol–water partition coefficient (Wildman–Crippen LogP) is 2.91. The van der Waals surface area contributed by atoms with Gasteiger partial charge < -0.3 is 10.5 Å². The first-order valence-electron chi connectivity index (χ1n) is 6.13. The zero-order chi connectivity index (χ0) is 13.0. The molecule has 0 atom stereocenters. The second-order valence-corrected chi connectivity index (χ2v) is 4.15. The number of pyridine rings is 1. The van der Waals surface area contributed by atoms with Crippen molar-refractivity contribution in [1.82, 2.24) is 4.98 Å². The number of ether oxygens (including phenoxy) is 1. The third kappa shape index (κ3) is 2.51. The van der Waals surface area contributed by atoms with Crippen LogP contribution in [0.5, 0.6) is 5.75 Å². The molecule has 3 nitrogen and oxygen atoms in total. The fraction of sp³-hybridized carbons (Fsp3) is 0.267. The summed E-state index contributed by atoms with van der Waals surface area (Å²) >= 11 is 0. The van der Waals surface area contributed by atoms with Gasteiger partial charge in [0.1, 0.15) is 5.75 Å². The van der Waals surface area contributed by atoms with E-state index >= 15 is 0 Å². The summed E-state index contributed by atoms with van der Waals surface area (Å²) in [4.78, 5) is 4.11. The highest BCUT2D eigenvalue weighted by Gasteiger charge is 2.06. The molecule has 18 heavy (non-hydrogen) atoms. The SMILES string of the molecule is CCOc1ccc(-c2ccncc2CN)cc1C. The van der Waals surface area contributed by atoms with Gasteiger partial charge in [0.25, 0.3) is 0 Å². The Labute approximate surface area is 108 Å². The standard InChI is InChI=1S/C15H18N2O/c1-3-18-15-5-4-12(8-11(15)2)14-6-7-17-10-13(14)9-16/h4-8,10H,3,9,16H2,1-2H3. The Kier molecular flexibility index (Phi) is 3.95. The zero-order valence-electron chi connectivity index (χ0n) is 10.8. The molecular formula is C15H18N2O. The van der Waals surface area contributed by atoms with E-state index in [2.05, 4.69) is 24.0 Å². The van der Waals surface area contributed by atoms with Gasteiger partial charge in [-0.2, -0.15) is 0 Å². The van der Waals surface area contributed by atoms with E-state index in [0.29, 0.717) is 13.2 Å². The van der Waals surface area contributed by atoms with Crippen LogP contribution in [0.1, 0.15) is 18.1 Å². The number of aromatic nitrogens is 1. The largest absolute Gasteiger partial charge is 0.494 e. The highest BCUT2D eigenvalue weighted by atomic mass is 16.5. The highest BCUT2D eigenvalue weighted by Crippen LogP contribution is 2.28. The lowest BCUT2D eigenvalue weighted by atomic mass is 10.00. The molecule has 1 aromatic heterocycles. The average molecular weight is 242 g/mol. The third-order valence-electron chi connectivity index (χ3n) is 2.91. The molecule has 0 bridgehead atoms. The Hall–Kier alpha value is -1.87. The van der Waals surface area contributed by atoms with Crippen LogP contribution in [0.15, 0.2) is 36.7 Å². The molecule has 0 aliphatic carbocycles. The van der Waals surface area contributed by atoms with Crippen LogP contribution in [0, 0.1) is 6.92 Å². The fourth-order valence-corrected chi connectivity index (χ4v) is 2.01. The van der Waals surface area contributed by atoms with Crippen LogP contribution in [-0.4, -0.2) is 11.6 Å². The number of nitrogens with zero attached hydrogens (tertiary/aromatic N) is 1. The fourth-order valence-electron chi connectivity index (χ4n) is 2.01. The minimum atomic E-state index is 0.495. The van der Waals surface area contributed by atoms with Crippen molar-refractivity contribution < 1.29 is 4.74 Å². The summed E-state index contributed by atoms with van der Waals surface area (Å²) in [6.07, 6.45) is 3.61. The van der Waals surface area contributed by atoms with Crippen molar-refractivity contribution in [2.24, 2.45) is 5.73 Å². The predicted molar refractivity (Wildman–Crippen MR) is 73.5 cm³/mol. The van der Waals surface area contributed by atoms with E-state index in [-0.39, 0.29) is 0 Å². The van der Waals surface area contributed by atoms with E-state index in [1.54, 1.807) is 6.20 Å². The molecule has 2 aromatic rings. The molecular weight excluding hydrogens is 224 g/mol. The van der Waals surface area contributed by atoms with Gasteiger partial charge in [-0.05, 0) is 54.3 Å². The van der Waals surface area contributed by atoms with E-state index < -0.39 is 0 Å². The van der Waals surface area contributed by atoms with Crippen molar-refractivity contribution in [3.63, 3.8) is 0 Å². The third-order valence-corrected chi connectivity index (χ3v) is 2.91. The van der Waals surface area contributed by atoms with E-state index in [0.717, 1.165) is 28.0 Å². The molecule has 0 spiro atoms. The minimum absolute atomic E-state index is 0.495. The zero-order valence-corrected chi connectivity index (χ0v) is 10.8. The Balaban J connectivity index is 2.42. The number of rotatable bonds is 4. The number of benzene rings is 1. The van der Waals surface area contributed by atoms with Crippen LogP contribution in [-0.2, 0) is 6.54 Å². The number of nitrogens with two attached hydrogens (primary N) is 1. The maximum atomic E-state index is 5.74. The number of hydrogen-bond acceptors (Lipinski definition) is 3. The van der Waals surface area contributed by atoms with Gasteiger partial charge in [-0.3, -0.25) is 4.98 Å². The normalized spacial score (nSPS) is 10.4. The van der Waals surface area contributed by atoms with Gasteiger partial charge in [0.05, 0.1) is 6.61 Å². The molecule has 0 aliphatic heterocycles. The summed E-state index contributed by atoms with van der Waals surface area (Å²) in [7, 11) is 0. The van der Waals surface area contributed by atoms with E-state index in [9.17, 15) is 0 Å². The number of aryl methyl sites for hydroxylation is 1. The second kappa shape index (κ2) is 5.65. The second-order valence-electron chi connectivity index (χ2n) is 4.15. The molecule has 1 aromatic carbocycles. The lowest BCUT2D eigenvalue weighted by Gasteiger charge is -2.11. The van der Waals surface area contributed by atoms with Gasteiger partial charge >= 0.3 is 0 Å². The van der Waals surface area contributed by atoms with Crippen LogP contribution >= 0.6 is 0 Å². The van der Waals surface area contributed by atoms with Gasteiger partial charge in [0.15, 0.2) is 0 Å². The molecule has 2 rings (SSSR count). The van der Waals surface area contributed by atoms with Crippen LogP contribution in [0.2, 0.25) is 0 Å². The van der Waals surface area contributed by atoms with E-state index in [1.165, 1.54) is 0 Å². The first-order valence-corrected chi connectivity index (χ1v) is 6.13. The van der Waals surface area contributed by atoms with Crippen molar-refractivity contribution in [3.05, 3.63) is 47.8 Å². The molecule has 0 saturated carbocycles. The van der Waals surface area contributed by atoms with Crippen molar-refractivity contribution >= 4 is 0 Å². The lowest BCUT2D eigenvalue weighted by Crippen LogP contribution is -2.00. The average Bonchev–Trinajstić information content (AvgIpc) is 2.41. The van der Waals surface area contributed by atoms with Gasteiger partial charge in [-0.15, -0.1) is 0 Å². The molecule has 0 unspecified atom stereocenters. The minimum Gasteiger partial charge on any atom is -0.494 e. The Morgan fingerprint density at radius 2 is 2.11 bits per heavy atom. The summed E-state index contributed by atoms with van der Waals surface area (Å²) in [6, 6.07) is 8.19. The Bertz CT molecular complexity index is 538. The van der Waals surface area contributed by atoms with Gasteiger partial charge in [0.2, 0.25) is 0 Å². The molecule has 0 amide bonds. The molecule has 0 saturated heterocycles. The maximum Gasteiger partial charge on any atom is 0.122 e. The van der Waals surface area contributed by atoms with Crippen molar-refractivity contribution in [1.29, 1.82) is 0 Å². The van der Waals surface area contributed by atoms with Crippen LogP contribution in [0.4, 0.5) is 0 Å². The summed E-state index contributed by atoms with van der Waals surface area (Å²) in [5.74, 6) is 0.935. The summed E-state index contributed by atoms with van der Waals surface area (Å²) in [5, 5.41) is 0. The summed E-state index contributed by atoms with van der Waals surface area (Å²) in [6.45, 7) is 5.22. The van der Waals surface area contributed by atoms with Crippen molar-refractivity contribution in [3.8, 4) is 16.9 Å². The summed E-state index contributed by atoms with van der Waals surface area (Å²) < 4.78 is 5.55. The molecule has 0 radical (unpaired) electrons. The molecule has 3 heteroatoms. The van der Waals surface area contributed by atoms with E-state index in [4.69, 9.17) is 10.5 Å². The van der Waals surface area contributed by atoms with Gasteiger partial charge in [-0.25, -0.2) is 0 Å². The molecule has 94 valence electrons. The lowest BCUT2D eigenvalue weighted by molar-refractivity contribution is 0.338. The highest BCUT2D eigenvalue weighted by molar-refractivity contribution is 5.68.